The Kier molecular flexibility index (Phi) is 9.05. The molecule has 0 aromatic heterocycles. The Morgan fingerprint density at radius 2 is 1.59 bits per heavy atom. The van der Waals surface area contributed by atoms with Crippen LogP contribution in [-0.4, -0.2) is 37.0 Å². The lowest BCUT2D eigenvalue weighted by Crippen LogP contribution is -2.50. The zero-order chi connectivity index (χ0) is 22.6. The Balaban J connectivity index is 1.59. The maximum Gasteiger partial charge on any atom is 0.338 e. The summed E-state index contributed by atoms with van der Waals surface area (Å²) in [7, 11) is 0. The molecule has 0 aliphatic heterocycles. The van der Waals surface area contributed by atoms with E-state index in [-0.39, 0.29) is 12.5 Å². The molecule has 168 valence electrons. The fourth-order valence-electron chi connectivity index (χ4n) is 3.71. The minimum absolute atomic E-state index is 0.241. The van der Waals surface area contributed by atoms with E-state index in [4.69, 9.17) is 4.74 Å². The van der Waals surface area contributed by atoms with Gasteiger partial charge in [0.2, 0.25) is 11.8 Å². The van der Waals surface area contributed by atoms with Gasteiger partial charge in [0.05, 0.1) is 5.56 Å². The average Bonchev–Trinajstić information content (AvgIpc) is 2.85. The third-order valence-corrected chi connectivity index (χ3v) is 5.54. The molecule has 0 heterocycles. The summed E-state index contributed by atoms with van der Waals surface area (Å²) in [5, 5.41) is 5.59. The van der Waals surface area contributed by atoms with E-state index in [1.165, 1.54) is 25.3 Å². The lowest BCUT2D eigenvalue weighted by Gasteiger charge is -2.23. The van der Waals surface area contributed by atoms with E-state index in [9.17, 15) is 14.4 Å². The third kappa shape index (κ3) is 7.69. The summed E-state index contributed by atoms with van der Waals surface area (Å²) in [6, 6.07) is 17.0. The van der Waals surface area contributed by atoms with Gasteiger partial charge in [0.1, 0.15) is 12.6 Å². The minimum Gasteiger partial charge on any atom is -0.459 e. The van der Waals surface area contributed by atoms with Crippen LogP contribution in [0.5, 0.6) is 0 Å². The molecule has 1 aliphatic rings. The van der Waals surface area contributed by atoms with Crippen molar-refractivity contribution in [2.75, 3.05) is 13.2 Å². The summed E-state index contributed by atoms with van der Waals surface area (Å²) in [6.45, 7) is 0.326. The Morgan fingerprint density at radius 3 is 2.28 bits per heavy atom. The molecule has 1 atom stereocenters. The summed E-state index contributed by atoms with van der Waals surface area (Å²) in [5.74, 6) is -0.862. The molecule has 3 rings (SSSR count). The molecular weight excluding hydrogens is 404 g/mol. The van der Waals surface area contributed by atoms with Crippen molar-refractivity contribution in [1.82, 2.24) is 10.6 Å². The van der Waals surface area contributed by atoms with E-state index in [1.807, 2.05) is 30.3 Å². The van der Waals surface area contributed by atoms with E-state index >= 15 is 0 Å². The van der Waals surface area contributed by atoms with Crippen LogP contribution in [0, 0.1) is 5.92 Å². The summed E-state index contributed by atoms with van der Waals surface area (Å²) < 4.78 is 5.33. The zero-order valence-electron chi connectivity index (χ0n) is 18.2. The summed E-state index contributed by atoms with van der Waals surface area (Å²) in [5.41, 5.74) is 1.26. The molecule has 1 saturated carbocycles. The monoisotopic (exact) mass is 434 g/mol. The fraction of sp³-hybridized carbons (Fsp3) is 0.346. The van der Waals surface area contributed by atoms with Gasteiger partial charge >= 0.3 is 5.97 Å². The average molecular weight is 435 g/mol. The van der Waals surface area contributed by atoms with Crippen molar-refractivity contribution in [3.8, 4) is 0 Å². The zero-order valence-corrected chi connectivity index (χ0v) is 18.2. The molecule has 2 aromatic carbocycles. The largest absolute Gasteiger partial charge is 0.459 e. The van der Waals surface area contributed by atoms with Gasteiger partial charge in [-0.3, -0.25) is 9.59 Å². The van der Waals surface area contributed by atoms with Crippen LogP contribution in [0.1, 0.15) is 48.0 Å². The highest BCUT2D eigenvalue weighted by Gasteiger charge is 2.23. The Bertz CT molecular complexity index is 906. The molecule has 0 unspecified atom stereocenters. The number of benzene rings is 2. The second-order valence-electron chi connectivity index (χ2n) is 8.02. The van der Waals surface area contributed by atoms with E-state index < -0.39 is 17.9 Å². The van der Waals surface area contributed by atoms with Crippen LogP contribution >= 0.6 is 0 Å². The molecule has 2 N–H and O–H groups in total. The molecule has 0 saturated heterocycles. The van der Waals surface area contributed by atoms with Gasteiger partial charge in [-0.05, 0) is 42.5 Å². The molecule has 32 heavy (non-hydrogen) atoms. The number of esters is 1. The first-order valence-electron chi connectivity index (χ1n) is 11.2. The van der Waals surface area contributed by atoms with Crippen LogP contribution in [0.15, 0.2) is 66.7 Å². The maximum atomic E-state index is 12.8. The number of rotatable bonds is 9. The number of nitrogens with one attached hydrogen (secondary N) is 2. The van der Waals surface area contributed by atoms with Crippen molar-refractivity contribution in [2.45, 2.75) is 38.1 Å². The predicted molar refractivity (Wildman–Crippen MR) is 124 cm³/mol. The van der Waals surface area contributed by atoms with Gasteiger partial charge in [-0.25, -0.2) is 4.79 Å². The number of carbonyl (C=O) groups excluding carboxylic acids is 3. The van der Waals surface area contributed by atoms with E-state index in [0.717, 1.165) is 18.4 Å². The number of carbonyl (C=O) groups is 3. The Labute approximate surface area is 189 Å². The number of amides is 2. The first-order valence-corrected chi connectivity index (χ1v) is 11.2. The van der Waals surface area contributed by atoms with Crippen LogP contribution < -0.4 is 10.6 Å². The fourth-order valence-corrected chi connectivity index (χ4v) is 3.71. The molecule has 0 radical (unpaired) electrons. The quantitative estimate of drug-likeness (QED) is 0.465. The molecule has 6 heteroatoms. The second kappa shape index (κ2) is 12.4. The molecule has 0 bridgehead atoms. The summed E-state index contributed by atoms with van der Waals surface area (Å²) in [4.78, 5) is 37.5. The maximum absolute atomic E-state index is 12.8. The highest BCUT2D eigenvalue weighted by Crippen LogP contribution is 2.22. The molecule has 2 aromatic rings. The van der Waals surface area contributed by atoms with Gasteiger partial charge in [-0.2, -0.15) is 0 Å². The van der Waals surface area contributed by atoms with Crippen LogP contribution in [0.25, 0.3) is 6.08 Å². The summed E-state index contributed by atoms with van der Waals surface area (Å²) >= 11 is 0. The van der Waals surface area contributed by atoms with Gasteiger partial charge in [-0.15, -0.1) is 0 Å². The van der Waals surface area contributed by atoms with Crippen LogP contribution in [0.3, 0.4) is 0 Å². The van der Waals surface area contributed by atoms with Gasteiger partial charge in [0.15, 0.2) is 0 Å². The van der Waals surface area contributed by atoms with Crippen LogP contribution in [0.4, 0.5) is 0 Å². The van der Waals surface area contributed by atoms with Crippen LogP contribution in [-0.2, 0) is 14.3 Å². The molecule has 1 aliphatic carbocycles. The van der Waals surface area contributed by atoms with Gasteiger partial charge in [0, 0.05) is 12.6 Å². The van der Waals surface area contributed by atoms with E-state index in [1.54, 1.807) is 36.4 Å². The topological polar surface area (TPSA) is 84.5 Å². The molecule has 0 spiro atoms. The van der Waals surface area contributed by atoms with Crippen molar-refractivity contribution >= 4 is 23.9 Å². The first kappa shape index (κ1) is 23.3. The lowest BCUT2D eigenvalue weighted by atomic mass is 9.89. The lowest BCUT2D eigenvalue weighted by molar-refractivity contribution is -0.128. The Morgan fingerprint density at radius 1 is 0.938 bits per heavy atom. The van der Waals surface area contributed by atoms with E-state index in [0.29, 0.717) is 18.0 Å². The Hall–Kier alpha value is -3.41. The third-order valence-electron chi connectivity index (χ3n) is 5.54. The highest BCUT2D eigenvalue weighted by atomic mass is 16.5. The van der Waals surface area contributed by atoms with Gasteiger partial charge < -0.3 is 15.4 Å². The van der Waals surface area contributed by atoms with Gasteiger partial charge in [-0.1, -0.05) is 67.8 Å². The first-order chi connectivity index (χ1) is 15.6. The van der Waals surface area contributed by atoms with E-state index in [2.05, 4.69) is 10.6 Å². The van der Waals surface area contributed by atoms with Crippen LogP contribution in [0.2, 0.25) is 0 Å². The minimum atomic E-state index is -0.973. The van der Waals surface area contributed by atoms with Crippen molar-refractivity contribution < 1.29 is 19.1 Å². The SMILES string of the molecule is O=C(/C=C/c1ccccc1)N[C@H](COC(=O)c1ccccc1)C(=O)NCC1CCCCC1. The normalized spacial score (nSPS) is 15.1. The van der Waals surface area contributed by atoms with Crippen molar-refractivity contribution in [3.05, 3.63) is 77.9 Å². The summed E-state index contributed by atoms with van der Waals surface area (Å²) in [6.07, 6.45) is 8.84. The van der Waals surface area contributed by atoms with Crippen molar-refractivity contribution in [2.24, 2.45) is 5.92 Å². The molecule has 2 amide bonds. The van der Waals surface area contributed by atoms with Crippen molar-refractivity contribution in [3.63, 3.8) is 0 Å². The molecule has 6 nitrogen and oxygen atoms in total. The predicted octanol–water partition coefficient (Wildman–Crippen LogP) is 3.74. The number of hydrogen-bond acceptors (Lipinski definition) is 4. The standard InChI is InChI=1S/C26H30N2O4/c29-24(17-16-20-10-4-1-5-11-20)28-23(19-32-26(31)22-14-8-3-9-15-22)25(30)27-18-21-12-6-2-7-13-21/h1,3-5,8-11,14-17,21,23H,2,6-7,12-13,18-19H2,(H,27,30)(H,28,29)/b17-16+/t23-/m1/s1. The molecular formula is C26H30N2O4. The van der Waals surface area contributed by atoms with Crippen molar-refractivity contribution in [1.29, 1.82) is 0 Å². The second-order valence-corrected chi connectivity index (χ2v) is 8.02. The van der Waals surface area contributed by atoms with Gasteiger partial charge in [0.25, 0.3) is 0 Å². The molecule has 1 fully saturated rings. The number of ether oxygens (including phenoxy) is 1. The highest BCUT2D eigenvalue weighted by molar-refractivity contribution is 5.96. The number of hydrogen-bond donors (Lipinski definition) is 2. The smallest absolute Gasteiger partial charge is 0.338 e.